The van der Waals surface area contributed by atoms with Gasteiger partial charge in [-0.2, -0.15) is 8.42 Å². The Bertz CT molecular complexity index is 1020. The molecule has 128 valence electrons. The van der Waals surface area contributed by atoms with Crippen molar-refractivity contribution >= 4 is 33.0 Å². The fourth-order valence-electron chi connectivity index (χ4n) is 3.04. The Kier molecular flexibility index (Phi) is 3.63. The summed E-state index contributed by atoms with van der Waals surface area (Å²) >= 11 is 0. The second-order valence-corrected chi connectivity index (χ2v) is 7.54. The van der Waals surface area contributed by atoms with Crippen LogP contribution in [0.25, 0.3) is 11.3 Å². The van der Waals surface area contributed by atoms with E-state index >= 15 is 0 Å². The van der Waals surface area contributed by atoms with Crippen molar-refractivity contribution in [2.45, 2.75) is 13.2 Å². The van der Waals surface area contributed by atoms with Gasteiger partial charge in [-0.05, 0) is 23.3 Å². The van der Waals surface area contributed by atoms with Crippen LogP contribution in [0.1, 0.15) is 22.3 Å². The van der Waals surface area contributed by atoms with Crippen molar-refractivity contribution in [3.8, 4) is 0 Å². The molecule has 0 unspecified atom stereocenters. The summed E-state index contributed by atoms with van der Waals surface area (Å²) < 4.78 is 34.3. The second-order valence-electron chi connectivity index (χ2n) is 5.97. The van der Waals surface area contributed by atoms with E-state index in [9.17, 15) is 13.2 Å². The smallest absolute Gasteiger partial charge is 0.306 e. The first-order valence-corrected chi connectivity index (χ1v) is 9.48. The molecule has 0 spiro atoms. The second kappa shape index (κ2) is 5.72. The number of amides is 1. The molecular formula is C18H15NO5S. The summed E-state index contributed by atoms with van der Waals surface area (Å²) in [6, 6.07) is 12.5. The fourth-order valence-corrected chi connectivity index (χ4v) is 3.52. The lowest BCUT2D eigenvalue weighted by Crippen LogP contribution is -2.10. The Morgan fingerprint density at radius 3 is 2.68 bits per heavy atom. The molecule has 6 nitrogen and oxygen atoms in total. The lowest BCUT2D eigenvalue weighted by atomic mass is 9.99. The Balaban J connectivity index is 1.95. The van der Waals surface area contributed by atoms with E-state index in [0.29, 0.717) is 30.0 Å². The normalized spacial score (nSPS) is 17.7. The molecule has 0 atom stereocenters. The molecule has 2 heterocycles. The van der Waals surface area contributed by atoms with Crippen molar-refractivity contribution in [2.75, 3.05) is 11.6 Å². The predicted molar refractivity (Wildman–Crippen MR) is 92.7 cm³/mol. The van der Waals surface area contributed by atoms with E-state index < -0.39 is 16.0 Å². The highest BCUT2D eigenvalue weighted by Crippen LogP contribution is 2.38. The summed E-state index contributed by atoms with van der Waals surface area (Å²) in [4.78, 5) is 12.5. The molecule has 2 aromatic carbocycles. The number of benzene rings is 2. The van der Waals surface area contributed by atoms with Gasteiger partial charge in [0.05, 0.1) is 25.0 Å². The first-order valence-electron chi connectivity index (χ1n) is 7.67. The van der Waals surface area contributed by atoms with Crippen LogP contribution in [0.2, 0.25) is 0 Å². The van der Waals surface area contributed by atoms with Crippen LogP contribution >= 0.6 is 0 Å². The first-order chi connectivity index (χ1) is 11.9. The van der Waals surface area contributed by atoms with Gasteiger partial charge in [0.2, 0.25) is 0 Å². The molecule has 2 aromatic rings. The van der Waals surface area contributed by atoms with Gasteiger partial charge >= 0.3 is 10.1 Å². The number of nitrogens with one attached hydrogen (secondary N) is 1. The molecule has 0 fully saturated rings. The van der Waals surface area contributed by atoms with Crippen LogP contribution in [0.4, 0.5) is 5.69 Å². The molecule has 1 amide bonds. The number of anilines is 1. The van der Waals surface area contributed by atoms with Crippen LogP contribution in [0.3, 0.4) is 0 Å². The molecule has 0 saturated heterocycles. The van der Waals surface area contributed by atoms with E-state index in [-0.39, 0.29) is 11.3 Å². The monoisotopic (exact) mass is 357 g/mol. The highest BCUT2D eigenvalue weighted by atomic mass is 32.2. The molecular weight excluding hydrogens is 342 g/mol. The zero-order chi connectivity index (χ0) is 17.6. The van der Waals surface area contributed by atoms with Crippen LogP contribution in [0.5, 0.6) is 0 Å². The maximum absolute atomic E-state index is 12.5. The Labute approximate surface area is 145 Å². The van der Waals surface area contributed by atoms with E-state index in [0.717, 1.165) is 17.4 Å². The minimum atomic E-state index is -3.82. The molecule has 0 bridgehead atoms. The van der Waals surface area contributed by atoms with Crippen molar-refractivity contribution in [2.24, 2.45) is 0 Å². The van der Waals surface area contributed by atoms with Crippen LogP contribution < -0.4 is 5.32 Å². The number of carbonyl (C=O) groups excluding carboxylic acids is 1. The summed E-state index contributed by atoms with van der Waals surface area (Å²) in [6.07, 6.45) is 0.961. The van der Waals surface area contributed by atoms with Gasteiger partial charge in [-0.1, -0.05) is 30.3 Å². The van der Waals surface area contributed by atoms with Gasteiger partial charge in [-0.25, -0.2) is 0 Å². The van der Waals surface area contributed by atoms with E-state index in [1.165, 1.54) is 0 Å². The predicted octanol–water partition coefficient (Wildman–Crippen LogP) is 2.51. The van der Waals surface area contributed by atoms with E-state index in [2.05, 4.69) is 5.32 Å². The van der Waals surface area contributed by atoms with Gasteiger partial charge in [0.25, 0.3) is 5.91 Å². The molecule has 0 aliphatic carbocycles. The zero-order valence-corrected chi connectivity index (χ0v) is 14.2. The van der Waals surface area contributed by atoms with Crippen molar-refractivity contribution in [1.82, 2.24) is 0 Å². The van der Waals surface area contributed by atoms with Crippen LogP contribution in [0, 0.1) is 0 Å². The topological polar surface area (TPSA) is 81.7 Å². The third-order valence-corrected chi connectivity index (χ3v) is 4.59. The average Bonchev–Trinajstić information content (AvgIpc) is 3.14. The summed E-state index contributed by atoms with van der Waals surface area (Å²) in [5, 5.41) is 2.74. The van der Waals surface area contributed by atoms with Gasteiger partial charge in [0.15, 0.2) is 5.76 Å². The highest BCUT2D eigenvalue weighted by Gasteiger charge is 2.31. The molecule has 0 aromatic heterocycles. The number of hydrogen-bond donors (Lipinski definition) is 1. The minimum Gasteiger partial charge on any atom is -0.381 e. The van der Waals surface area contributed by atoms with Crippen molar-refractivity contribution in [3.63, 3.8) is 0 Å². The Morgan fingerprint density at radius 2 is 1.88 bits per heavy atom. The number of ether oxygens (including phenoxy) is 1. The van der Waals surface area contributed by atoms with Gasteiger partial charge in [0.1, 0.15) is 0 Å². The average molecular weight is 357 g/mol. The molecule has 4 rings (SSSR count). The van der Waals surface area contributed by atoms with E-state index in [4.69, 9.17) is 8.92 Å². The fraction of sp³-hybridized carbons (Fsp3) is 0.167. The van der Waals surface area contributed by atoms with E-state index in [1.54, 1.807) is 30.3 Å². The van der Waals surface area contributed by atoms with Crippen LogP contribution in [0.15, 0.2) is 42.5 Å². The summed E-state index contributed by atoms with van der Waals surface area (Å²) in [5.74, 6) is -0.365. The van der Waals surface area contributed by atoms with Crippen molar-refractivity contribution in [1.29, 1.82) is 0 Å². The van der Waals surface area contributed by atoms with E-state index in [1.807, 2.05) is 12.1 Å². The standard InChI is InChI=1S/C18H15NO5S/c1-25(21,22)24-17(11-6-7-12-9-23-10-13(12)8-11)16-14-4-2-3-5-15(14)19-18(16)20/h2-8H,9-10H2,1H3,(H,19,20). The SMILES string of the molecule is CS(=O)(=O)OC(=C1C(=O)Nc2ccccc21)c1ccc2c(c1)COC2. The zero-order valence-electron chi connectivity index (χ0n) is 13.4. The number of carbonyl (C=O) groups is 1. The summed E-state index contributed by atoms with van der Waals surface area (Å²) in [5.41, 5.74) is 3.98. The molecule has 0 radical (unpaired) electrons. The minimum absolute atomic E-state index is 0.0275. The Morgan fingerprint density at radius 1 is 1.12 bits per heavy atom. The quantitative estimate of drug-likeness (QED) is 0.519. The van der Waals surface area contributed by atoms with Gasteiger partial charge in [0, 0.05) is 16.8 Å². The molecule has 25 heavy (non-hydrogen) atoms. The summed E-state index contributed by atoms with van der Waals surface area (Å²) in [7, 11) is -3.82. The van der Waals surface area contributed by atoms with Crippen LogP contribution in [-0.2, 0) is 37.0 Å². The third-order valence-electron chi connectivity index (χ3n) is 4.12. The van der Waals surface area contributed by atoms with Gasteiger partial charge in [-0.3, -0.25) is 4.79 Å². The molecule has 7 heteroatoms. The van der Waals surface area contributed by atoms with Gasteiger partial charge < -0.3 is 14.2 Å². The third kappa shape index (κ3) is 2.92. The van der Waals surface area contributed by atoms with Crippen LogP contribution in [-0.4, -0.2) is 20.6 Å². The largest absolute Gasteiger partial charge is 0.381 e. The van der Waals surface area contributed by atoms with Gasteiger partial charge in [-0.15, -0.1) is 0 Å². The summed E-state index contributed by atoms with van der Waals surface area (Å²) in [6.45, 7) is 0.977. The lowest BCUT2D eigenvalue weighted by Gasteiger charge is -2.12. The first kappa shape index (κ1) is 15.9. The molecule has 2 aliphatic heterocycles. The number of rotatable bonds is 3. The maximum atomic E-state index is 12.5. The van der Waals surface area contributed by atoms with Crippen molar-refractivity contribution < 1.29 is 22.1 Å². The Hall–Kier alpha value is -2.64. The number of hydrogen-bond acceptors (Lipinski definition) is 5. The maximum Gasteiger partial charge on any atom is 0.306 e. The molecule has 2 aliphatic rings. The lowest BCUT2D eigenvalue weighted by molar-refractivity contribution is -0.110. The van der Waals surface area contributed by atoms with Crippen molar-refractivity contribution in [3.05, 3.63) is 64.7 Å². The molecule has 0 saturated carbocycles. The molecule has 1 N–H and O–H groups in total. The number of para-hydroxylation sites is 1. The highest BCUT2D eigenvalue weighted by molar-refractivity contribution is 7.86. The number of fused-ring (bicyclic) bond motifs is 2.